The number of hydrogen-bond donors (Lipinski definition) is 0. The first-order valence-electron chi connectivity index (χ1n) is 11.4. The van der Waals surface area contributed by atoms with Gasteiger partial charge in [0.15, 0.2) is 5.58 Å². The van der Waals surface area contributed by atoms with Gasteiger partial charge < -0.3 is 4.42 Å². The van der Waals surface area contributed by atoms with E-state index >= 15 is 0 Å². The Kier molecular flexibility index (Phi) is 5.48. The summed E-state index contributed by atoms with van der Waals surface area (Å²) in [5.41, 5.74) is 10.2. The van der Waals surface area contributed by atoms with Crippen LogP contribution in [-0.2, 0) is 17.3 Å². The summed E-state index contributed by atoms with van der Waals surface area (Å²) in [6.07, 6.45) is 5.09. The molecule has 0 amide bonds. The van der Waals surface area contributed by atoms with Gasteiger partial charge in [-0.15, -0.1) is 0 Å². The molecular weight excluding hydrogens is 392 g/mol. The molecule has 0 atom stereocenters. The summed E-state index contributed by atoms with van der Waals surface area (Å²) in [4.78, 5) is 9.66. The van der Waals surface area contributed by atoms with Crippen molar-refractivity contribution in [2.75, 3.05) is 0 Å². The standard InChI is InChI=1S/C29H34N2O/c1-18(23-15-20-11-12-21(28(3,4)5)16-24(20)30-23)9-10-19(2)27-31-25-17-22(29(6,7)8)13-14-26(25)32-27/h9-14,16-17H,15H2,1-8H3/b18-9+,19-10+. The number of aliphatic imine (C=N–C) groups is 1. The van der Waals surface area contributed by atoms with Gasteiger partial charge >= 0.3 is 0 Å². The summed E-state index contributed by atoms with van der Waals surface area (Å²) in [5.74, 6) is 0.668. The van der Waals surface area contributed by atoms with Gasteiger partial charge in [-0.3, -0.25) is 4.99 Å². The predicted molar refractivity (Wildman–Crippen MR) is 136 cm³/mol. The van der Waals surface area contributed by atoms with Crippen LogP contribution in [0.1, 0.15) is 78.0 Å². The summed E-state index contributed by atoms with van der Waals surface area (Å²) in [7, 11) is 0. The molecule has 3 heteroatoms. The minimum atomic E-state index is 0.0886. The van der Waals surface area contributed by atoms with E-state index in [0.717, 1.165) is 34.5 Å². The number of benzene rings is 2. The molecule has 0 bridgehead atoms. The highest BCUT2D eigenvalue weighted by atomic mass is 16.3. The van der Waals surface area contributed by atoms with E-state index < -0.39 is 0 Å². The molecular formula is C29H34N2O. The second-order valence-corrected chi connectivity index (χ2v) is 11.0. The van der Waals surface area contributed by atoms with E-state index in [1.54, 1.807) is 0 Å². The first-order chi connectivity index (χ1) is 14.9. The third-order valence-electron chi connectivity index (χ3n) is 6.19. The maximum atomic E-state index is 6.01. The zero-order valence-electron chi connectivity index (χ0n) is 20.6. The van der Waals surface area contributed by atoms with Crippen molar-refractivity contribution in [1.29, 1.82) is 0 Å². The van der Waals surface area contributed by atoms with E-state index in [2.05, 4.69) is 91.0 Å². The van der Waals surface area contributed by atoms with Crippen molar-refractivity contribution < 1.29 is 4.42 Å². The van der Waals surface area contributed by atoms with Gasteiger partial charge in [-0.05, 0) is 65.1 Å². The van der Waals surface area contributed by atoms with Gasteiger partial charge in [0.1, 0.15) is 5.52 Å². The molecule has 3 nitrogen and oxygen atoms in total. The van der Waals surface area contributed by atoms with E-state index in [1.807, 2.05) is 13.0 Å². The van der Waals surface area contributed by atoms with Crippen LogP contribution in [0.3, 0.4) is 0 Å². The van der Waals surface area contributed by atoms with Gasteiger partial charge in [0.25, 0.3) is 0 Å². The van der Waals surface area contributed by atoms with Crippen molar-refractivity contribution >= 4 is 28.1 Å². The summed E-state index contributed by atoms with van der Waals surface area (Å²) in [5, 5.41) is 0. The molecule has 4 rings (SSSR count). The molecule has 0 radical (unpaired) electrons. The predicted octanol–water partition coefficient (Wildman–Crippen LogP) is 8.10. The van der Waals surface area contributed by atoms with Crippen LogP contribution in [0.15, 0.2) is 63.5 Å². The van der Waals surface area contributed by atoms with E-state index in [-0.39, 0.29) is 10.8 Å². The van der Waals surface area contributed by atoms with Crippen LogP contribution < -0.4 is 0 Å². The minimum absolute atomic E-state index is 0.0886. The van der Waals surface area contributed by atoms with Gasteiger partial charge in [0.05, 0.1) is 5.69 Å². The molecule has 0 fully saturated rings. The van der Waals surface area contributed by atoms with Gasteiger partial charge in [-0.1, -0.05) is 71.9 Å². The Bertz CT molecular complexity index is 1270. The first-order valence-corrected chi connectivity index (χ1v) is 11.4. The molecule has 0 aliphatic carbocycles. The van der Waals surface area contributed by atoms with Gasteiger partial charge in [-0.25, -0.2) is 4.98 Å². The molecule has 0 saturated heterocycles. The summed E-state index contributed by atoms with van der Waals surface area (Å²) >= 11 is 0. The Morgan fingerprint density at radius 2 is 1.47 bits per heavy atom. The fourth-order valence-electron chi connectivity index (χ4n) is 3.86. The average molecular weight is 427 g/mol. The Morgan fingerprint density at radius 3 is 2.16 bits per heavy atom. The topological polar surface area (TPSA) is 38.4 Å². The van der Waals surface area contributed by atoms with Crippen LogP contribution in [0.2, 0.25) is 0 Å². The lowest BCUT2D eigenvalue weighted by molar-refractivity contribution is 0.581. The van der Waals surface area contributed by atoms with Gasteiger partial charge in [-0.2, -0.15) is 0 Å². The maximum Gasteiger partial charge on any atom is 0.222 e. The van der Waals surface area contributed by atoms with Crippen molar-refractivity contribution in [3.05, 3.63) is 76.7 Å². The van der Waals surface area contributed by atoms with E-state index in [1.165, 1.54) is 22.3 Å². The third kappa shape index (κ3) is 4.48. The molecule has 0 saturated carbocycles. The molecule has 0 spiro atoms. The molecule has 1 aliphatic heterocycles. The number of oxazole rings is 1. The van der Waals surface area contributed by atoms with E-state index in [9.17, 15) is 0 Å². The van der Waals surface area contributed by atoms with Crippen LogP contribution in [0.25, 0.3) is 16.7 Å². The van der Waals surface area contributed by atoms with E-state index in [4.69, 9.17) is 14.4 Å². The molecule has 1 aliphatic rings. The van der Waals surface area contributed by atoms with Crippen LogP contribution in [0, 0.1) is 0 Å². The molecule has 32 heavy (non-hydrogen) atoms. The second kappa shape index (κ2) is 7.88. The van der Waals surface area contributed by atoms with Crippen molar-refractivity contribution in [1.82, 2.24) is 4.98 Å². The summed E-state index contributed by atoms with van der Waals surface area (Å²) < 4.78 is 6.01. The van der Waals surface area contributed by atoms with Crippen molar-refractivity contribution in [2.45, 2.75) is 72.6 Å². The molecule has 0 N–H and O–H groups in total. The van der Waals surface area contributed by atoms with Crippen molar-refractivity contribution in [3.63, 3.8) is 0 Å². The van der Waals surface area contributed by atoms with Crippen LogP contribution in [0.5, 0.6) is 0 Å². The SMILES string of the molecule is C/C(=C\C=C(/C)c1nc2cc(C(C)(C)C)ccc2o1)C1=Nc2cc(C(C)(C)C)ccc2C1. The minimum Gasteiger partial charge on any atom is -0.436 e. The largest absolute Gasteiger partial charge is 0.436 e. The summed E-state index contributed by atoms with van der Waals surface area (Å²) in [6.45, 7) is 17.5. The number of hydrogen-bond acceptors (Lipinski definition) is 3. The van der Waals surface area contributed by atoms with E-state index in [0.29, 0.717) is 5.89 Å². The number of aromatic nitrogens is 1. The highest BCUT2D eigenvalue weighted by Gasteiger charge is 2.20. The first kappa shape index (κ1) is 22.3. The normalized spacial score (nSPS) is 15.3. The Balaban J connectivity index is 1.57. The quantitative estimate of drug-likeness (QED) is 0.397. The lowest BCUT2D eigenvalue weighted by Gasteiger charge is -2.19. The monoisotopic (exact) mass is 426 g/mol. The average Bonchev–Trinajstić information content (AvgIpc) is 3.33. The molecule has 1 aromatic heterocycles. The number of allylic oxidation sites excluding steroid dienone is 4. The number of nitrogens with zero attached hydrogens (tertiary/aromatic N) is 2. The number of fused-ring (bicyclic) bond motifs is 2. The van der Waals surface area contributed by atoms with Crippen LogP contribution >= 0.6 is 0 Å². The Morgan fingerprint density at radius 1 is 0.844 bits per heavy atom. The molecule has 166 valence electrons. The van der Waals surface area contributed by atoms with Crippen LogP contribution in [0.4, 0.5) is 5.69 Å². The maximum absolute atomic E-state index is 6.01. The Labute approximate surface area is 192 Å². The lowest BCUT2D eigenvalue weighted by atomic mass is 9.86. The van der Waals surface area contributed by atoms with Gasteiger partial charge in [0, 0.05) is 17.7 Å². The second-order valence-electron chi connectivity index (χ2n) is 11.0. The molecule has 0 unspecified atom stereocenters. The van der Waals surface area contributed by atoms with Gasteiger partial charge in [0.2, 0.25) is 5.89 Å². The molecule has 2 aromatic carbocycles. The zero-order valence-corrected chi connectivity index (χ0v) is 20.6. The highest BCUT2D eigenvalue weighted by molar-refractivity contribution is 6.06. The third-order valence-corrected chi connectivity index (χ3v) is 6.19. The molecule has 3 aromatic rings. The summed E-state index contributed by atoms with van der Waals surface area (Å²) in [6, 6.07) is 13.0. The zero-order chi connectivity index (χ0) is 23.3. The smallest absolute Gasteiger partial charge is 0.222 e. The van der Waals surface area contributed by atoms with Crippen molar-refractivity contribution in [3.8, 4) is 0 Å². The molecule has 2 heterocycles. The highest BCUT2D eigenvalue weighted by Crippen LogP contribution is 2.34. The lowest BCUT2D eigenvalue weighted by Crippen LogP contribution is -2.10. The van der Waals surface area contributed by atoms with Crippen molar-refractivity contribution in [2.24, 2.45) is 4.99 Å². The Hall–Kier alpha value is -2.94. The fraction of sp³-hybridized carbons (Fsp3) is 0.379. The van der Waals surface area contributed by atoms with Crippen LogP contribution in [-0.4, -0.2) is 10.7 Å². The fourth-order valence-corrected chi connectivity index (χ4v) is 3.86. The number of rotatable bonds is 3.